The van der Waals surface area contributed by atoms with E-state index in [1.54, 1.807) is 36.1 Å². The third kappa shape index (κ3) is 3.46. The van der Waals surface area contributed by atoms with Gasteiger partial charge in [-0.1, -0.05) is 12.1 Å². The maximum atomic E-state index is 12.3. The second kappa shape index (κ2) is 6.31. The van der Waals surface area contributed by atoms with Crippen molar-refractivity contribution in [1.29, 1.82) is 0 Å². The lowest BCUT2D eigenvalue weighted by atomic mass is 10.0. The van der Waals surface area contributed by atoms with Crippen molar-refractivity contribution in [3.05, 3.63) is 64.9 Å². The topological polar surface area (TPSA) is 80.0 Å². The molecular weight excluding hydrogens is 312 g/mol. The second-order valence-electron chi connectivity index (χ2n) is 5.32. The molecule has 118 valence electrons. The van der Waals surface area contributed by atoms with Crippen molar-refractivity contribution in [2.45, 2.75) is 12.5 Å². The van der Waals surface area contributed by atoms with Gasteiger partial charge in [0.1, 0.15) is 18.3 Å². The van der Waals surface area contributed by atoms with Crippen molar-refractivity contribution in [3.63, 3.8) is 0 Å². The van der Waals surface area contributed by atoms with Gasteiger partial charge < -0.3 is 10.4 Å². The summed E-state index contributed by atoms with van der Waals surface area (Å²) in [6, 6.07) is 10.8. The number of nitrogens with one attached hydrogen (secondary N) is 1. The third-order valence-electron chi connectivity index (χ3n) is 3.44. The molecule has 3 rings (SSSR count). The molecule has 1 atom stereocenters. The minimum atomic E-state index is -1.09. The molecule has 2 heterocycles. The van der Waals surface area contributed by atoms with Crippen LogP contribution in [0.3, 0.4) is 0 Å². The van der Waals surface area contributed by atoms with E-state index in [9.17, 15) is 9.90 Å². The highest BCUT2D eigenvalue weighted by molar-refractivity contribution is 7.10. The largest absolute Gasteiger partial charge is 0.383 e. The van der Waals surface area contributed by atoms with E-state index >= 15 is 0 Å². The molecule has 0 bridgehead atoms. The van der Waals surface area contributed by atoms with Gasteiger partial charge >= 0.3 is 0 Å². The van der Waals surface area contributed by atoms with Crippen molar-refractivity contribution < 1.29 is 9.90 Å². The van der Waals surface area contributed by atoms with Gasteiger partial charge in [0.05, 0.1) is 12.2 Å². The molecule has 0 saturated heterocycles. The van der Waals surface area contributed by atoms with Gasteiger partial charge in [0.15, 0.2) is 0 Å². The normalized spacial score (nSPS) is 13.5. The SMILES string of the molecule is CC(O)(CNC(=O)c1cccc(-n2cncn2)c1)c1cccs1. The minimum absolute atomic E-state index is 0.139. The van der Waals surface area contributed by atoms with Gasteiger partial charge in [-0.3, -0.25) is 4.79 Å². The number of aromatic nitrogens is 3. The number of thiophene rings is 1. The molecule has 3 aromatic rings. The average Bonchev–Trinajstić information content (AvgIpc) is 3.25. The summed E-state index contributed by atoms with van der Waals surface area (Å²) in [6.45, 7) is 1.82. The van der Waals surface area contributed by atoms with Gasteiger partial charge in [-0.25, -0.2) is 9.67 Å². The monoisotopic (exact) mass is 328 g/mol. The molecule has 0 aliphatic carbocycles. The summed E-state index contributed by atoms with van der Waals surface area (Å²) in [4.78, 5) is 17.0. The summed E-state index contributed by atoms with van der Waals surface area (Å²) in [5.41, 5.74) is 0.160. The van der Waals surface area contributed by atoms with Gasteiger partial charge in [0.25, 0.3) is 5.91 Å². The number of aliphatic hydroxyl groups is 1. The molecule has 0 aliphatic rings. The van der Waals surface area contributed by atoms with Crippen LogP contribution in [-0.2, 0) is 5.60 Å². The molecule has 1 amide bonds. The number of hydrogen-bond donors (Lipinski definition) is 2. The predicted molar refractivity (Wildman–Crippen MR) is 87.6 cm³/mol. The fraction of sp³-hybridized carbons (Fsp3) is 0.188. The Bertz CT molecular complexity index is 782. The Morgan fingerprint density at radius 1 is 1.39 bits per heavy atom. The first-order valence-electron chi connectivity index (χ1n) is 7.06. The number of nitrogens with zero attached hydrogens (tertiary/aromatic N) is 3. The Kier molecular flexibility index (Phi) is 4.22. The van der Waals surface area contributed by atoms with Crippen LogP contribution in [0.25, 0.3) is 5.69 Å². The Labute approximate surface area is 137 Å². The maximum absolute atomic E-state index is 12.3. The van der Waals surface area contributed by atoms with Crippen molar-refractivity contribution in [2.24, 2.45) is 0 Å². The van der Waals surface area contributed by atoms with Gasteiger partial charge in [0, 0.05) is 10.4 Å². The molecule has 0 fully saturated rings. The summed E-state index contributed by atoms with van der Waals surface area (Å²) in [5.74, 6) is -0.246. The van der Waals surface area contributed by atoms with Crippen LogP contribution in [0.4, 0.5) is 0 Å². The number of rotatable bonds is 5. The predicted octanol–water partition coefficient (Wildman–Crippen LogP) is 1.97. The van der Waals surface area contributed by atoms with Crippen molar-refractivity contribution >= 4 is 17.2 Å². The average molecular weight is 328 g/mol. The van der Waals surface area contributed by atoms with Crippen LogP contribution in [0.1, 0.15) is 22.2 Å². The highest BCUT2D eigenvalue weighted by Gasteiger charge is 2.25. The Balaban J connectivity index is 1.70. The Morgan fingerprint density at radius 2 is 2.26 bits per heavy atom. The molecule has 2 N–H and O–H groups in total. The van der Waals surface area contributed by atoms with E-state index in [2.05, 4.69) is 15.4 Å². The molecular formula is C16H16N4O2S. The molecule has 1 unspecified atom stereocenters. The van der Waals surface area contributed by atoms with Gasteiger partial charge in [-0.15, -0.1) is 11.3 Å². The molecule has 0 aliphatic heterocycles. The number of amides is 1. The van der Waals surface area contributed by atoms with Crippen molar-refractivity contribution in [2.75, 3.05) is 6.54 Å². The van der Waals surface area contributed by atoms with Gasteiger partial charge in [-0.2, -0.15) is 5.10 Å². The van der Waals surface area contributed by atoms with E-state index < -0.39 is 5.60 Å². The minimum Gasteiger partial charge on any atom is -0.383 e. The summed E-state index contributed by atoms with van der Waals surface area (Å²) >= 11 is 1.46. The smallest absolute Gasteiger partial charge is 0.251 e. The number of benzene rings is 1. The van der Waals surface area contributed by atoms with E-state index in [0.717, 1.165) is 10.6 Å². The van der Waals surface area contributed by atoms with Gasteiger partial charge in [0.2, 0.25) is 0 Å². The Hall–Kier alpha value is -2.51. The lowest BCUT2D eigenvalue weighted by molar-refractivity contribution is 0.0557. The maximum Gasteiger partial charge on any atom is 0.251 e. The summed E-state index contributed by atoms with van der Waals surface area (Å²) < 4.78 is 1.58. The molecule has 6 nitrogen and oxygen atoms in total. The summed E-state index contributed by atoms with van der Waals surface area (Å²) in [6.07, 6.45) is 3.00. The molecule has 7 heteroatoms. The van der Waals surface area contributed by atoms with Crippen LogP contribution in [0.15, 0.2) is 54.4 Å². The van der Waals surface area contributed by atoms with Crippen molar-refractivity contribution in [1.82, 2.24) is 20.1 Å². The first kappa shape index (κ1) is 15.4. The first-order valence-corrected chi connectivity index (χ1v) is 7.94. The van der Waals surface area contributed by atoms with Crippen LogP contribution in [0.2, 0.25) is 0 Å². The number of carbonyl (C=O) groups excluding carboxylic acids is 1. The quantitative estimate of drug-likeness (QED) is 0.750. The lowest BCUT2D eigenvalue weighted by Crippen LogP contribution is -2.38. The van der Waals surface area contributed by atoms with Crippen LogP contribution in [0.5, 0.6) is 0 Å². The molecule has 0 spiro atoms. The summed E-state index contributed by atoms with van der Waals surface area (Å²) in [7, 11) is 0. The zero-order valence-corrected chi connectivity index (χ0v) is 13.3. The van der Waals surface area contributed by atoms with E-state index in [-0.39, 0.29) is 12.5 Å². The molecule has 23 heavy (non-hydrogen) atoms. The van der Waals surface area contributed by atoms with Gasteiger partial charge in [-0.05, 0) is 36.6 Å². The molecule has 0 saturated carbocycles. The fourth-order valence-electron chi connectivity index (χ4n) is 2.16. The zero-order chi connectivity index (χ0) is 16.3. The van der Waals surface area contributed by atoms with E-state index in [1.807, 2.05) is 23.6 Å². The van der Waals surface area contributed by atoms with E-state index in [4.69, 9.17) is 0 Å². The third-order valence-corrected chi connectivity index (χ3v) is 4.56. The lowest BCUT2D eigenvalue weighted by Gasteiger charge is -2.22. The van der Waals surface area contributed by atoms with Crippen LogP contribution in [0, 0.1) is 0 Å². The number of carbonyl (C=O) groups is 1. The van der Waals surface area contributed by atoms with Crippen molar-refractivity contribution in [3.8, 4) is 5.69 Å². The number of hydrogen-bond acceptors (Lipinski definition) is 5. The first-order chi connectivity index (χ1) is 11.1. The standard InChI is InChI=1S/C16H16N4O2S/c1-16(22,14-6-3-7-23-14)9-18-15(21)12-4-2-5-13(8-12)20-11-17-10-19-20/h2-8,10-11,22H,9H2,1H3,(H,18,21). The second-order valence-corrected chi connectivity index (χ2v) is 6.27. The Morgan fingerprint density at radius 3 is 2.96 bits per heavy atom. The zero-order valence-electron chi connectivity index (χ0n) is 12.5. The molecule has 2 aromatic heterocycles. The van der Waals surface area contributed by atoms with Crippen LogP contribution >= 0.6 is 11.3 Å². The highest BCUT2D eigenvalue weighted by Crippen LogP contribution is 2.24. The van der Waals surface area contributed by atoms with Crippen LogP contribution < -0.4 is 5.32 Å². The summed E-state index contributed by atoms with van der Waals surface area (Å²) in [5, 5.41) is 19.2. The molecule has 1 aromatic carbocycles. The highest BCUT2D eigenvalue weighted by atomic mass is 32.1. The van der Waals surface area contributed by atoms with Crippen LogP contribution in [-0.4, -0.2) is 32.3 Å². The molecule has 0 radical (unpaired) electrons. The fourth-order valence-corrected chi connectivity index (χ4v) is 2.94. The van der Waals surface area contributed by atoms with E-state index in [1.165, 1.54) is 17.7 Å². The van der Waals surface area contributed by atoms with E-state index in [0.29, 0.717) is 5.56 Å².